The fourth-order valence-electron chi connectivity index (χ4n) is 3.58. The summed E-state index contributed by atoms with van der Waals surface area (Å²) in [4.78, 5) is 38.5. The molecule has 1 heterocycles. The number of carbonyl (C=O) groups excluding carboxylic acids is 2. The molecule has 3 aromatic carbocycles. The third kappa shape index (κ3) is 3.75. The zero-order valence-corrected chi connectivity index (χ0v) is 17.6. The van der Waals surface area contributed by atoms with Crippen molar-refractivity contribution >= 4 is 45.0 Å². The van der Waals surface area contributed by atoms with E-state index in [1.54, 1.807) is 54.6 Å². The van der Waals surface area contributed by atoms with Gasteiger partial charge < -0.3 is 10.2 Å². The molecular weight excluding hydrogens is 462 g/mol. The molecule has 2 N–H and O–H groups in total. The SMILES string of the molecule is O=C1C(=O)N(c2ccc(C(=O)O)cc2)C(c2ccc(Br)cc2)C1=C(O)c1ccccc1. The van der Waals surface area contributed by atoms with Crippen molar-refractivity contribution in [1.29, 1.82) is 0 Å². The van der Waals surface area contributed by atoms with Gasteiger partial charge in [0.1, 0.15) is 5.76 Å². The van der Waals surface area contributed by atoms with E-state index in [2.05, 4.69) is 15.9 Å². The van der Waals surface area contributed by atoms with Gasteiger partial charge in [0.25, 0.3) is 11.7 Å². The lowest BCUT2D eigenvalue weighted by Gasteiger charge is -2.25. The standard InChI is InChI=1S/C24H16BrNO5/c25-17-10-6-14(7-11-17)20-19(21(27)15-4-2-1-3-5-15)22(28)23(29)26(20)18-12-8-16(9-13-18)24(30)31/h1-13,20,27H,(H,30,31). The molecule has 1 atom stereocenters. The fourth-order valence-corrected chi connectivity index (χ4v) is 3.84. The Morgan fingerprint density at radius 3 is 2.00 bits per heavy atom. The van der Waals surface area contributed by atoms with Gasteiger partial charge in [0, 0.05) is 15.7 Å². The maximum Gasteiger partial charge on any atom is 0.335 e. The summed E-state index contributed by atoms with van der Waals surface area (Å²) in [7, 11) is 0. The third-order valence-corrected chi connectivity index (χ3v) is 5.60. The molecule has 1 amide bonds. The van der Waals surface area contributed by atoms with Crippen LogP contribution in [0.3, 0.4) is 0 Å². The Kier molecular flexibility index (Phi) is 5.44. The number of carboxylic acid groups (broad SMARTS) is 1. The number of anilines is 1. The number of aliphatic hydroxyl groups excluding tert-OH is 1. The second-order valence-corrected chi connectivity index (χ2v) is 7.85. The fraction of sp³-hybridized carbons (Fsp3) is 0.0417. The number of ketones is 1. The Morgan fingerprint density at radius 2 is 1.42 bits per heavy atom. The van der Waals surface area contributed by atoms with Crippen molar-refractivity contribution in [1.82, 2.24) is 0 Å². The summed E-state index contributed by atoms with van der Waals surface area (Å²) in [6, 6.07) is 20.5. The van der Waals surface area contributed by atoms with Crippen molar-refractivity contribution in [3.8, 4) is 0 Å². The van der Waals surface area contributed by atoms with Crippen molar-refractivity contribution in [3.63, 3.8) is 0 Å². The first-order valence-electron chi connectivity index (χ1n) is 9.33. The molecule has 0 aromatic heterocycles. The Labute approximate surface area is 186 Å². The maximum absolute atomic E-state index is 13.0. The van der Waals surface area contributed by atoms with Crippen LogP contribution in [-0.2, 0) is 9.59 Å². The highest BCUT2D eigenvalue weighted by atomic mass is 79.9. The lowest BCUT2D eigenvalue weighted by atomic mass is 9.95. The number of aromatic carboxylic acids is 1. The van der Waals surface area contributed by atoms with Crippen LogP contribution in [0.5, 0.6) is 0 Å². The highest BCUT2D eigenvalue weighted by Gasteiger charge is 2.46. The Morgan fingerprint density at radius 1 is 0.806 bits per heavy atom. The number of Topliss-reactive ketones (excluding diaryl/α,β-unsaturated/α-hetero) is 1. The minimum absolute atomic E-state index is 0.0270. The van der Waals surface area contributed by atoms with Gasteiger partial charge in [-0.05, 0) is 42.0 Å². The summed E-state index contributed by atoms with van der Waals surface area (Å²) in [5.74, 6) is -2.97. The molecule has 6 nitrogen and oxygen atoms in total. The van der Waals surface area contributed by atoms with Crippen LogP contribution >= 0.6 is 15.9 Å². The first-order valence-corrected chi connectivity index (χ1v) is 10.1. The molecule has 0 radical (unpaired) electrons. The van der Waals surface area contributed by atoms with Crippen LogP contribution < -0.4 is 4.90 Å². The molecule has 4 rings (SSSR count). The van der Waals surface area contributed by atoms with Crippen LogP contribution in [0.1, 0.15) is 27.5 Å². The van der Waals surface area contributed by atoms with Gasteiger partial charge in [0.05, 0.1) is 17.2 Å². The number of halogens is 1. The molecule has 154 valence electrons. The lowest BCUT2D eigenvalue weighted by Crippen LogP contribution is -2.29. The van der Waals surface area contributed by atoms with Gasteiger partial charge in [-0.25, -0.2) is 4.79 Å². The van der Waals surface area contributed by atoms with E-state index in [1.165, 1.54) is 29.2 Å². The van der Waals surface area contributed by atoms with Crippen LogP contribution in [0.25, 0.3) is 5.76 Å². The topological polar surface area (TPSA) is 94.9 Å². The summed E-state index contributed by atoms with van der Waals surface area (Å²) in [5.41, 5.74) is 1.43. The minimum atomic E-state index is -1.10. The van der Waals surface area contributed by atoms with Gasteiger partial charge >= 0.3 is 5.97 Å². The number of carboxylic acids is 1. The van der Waals surface area contributed by atoms with Gasteiger partial charge in [-0.1, -0.05) is 58.4 Å². The second kappa shape index (κ2) is 8.20. The van der Waals surface area contributed by atoms with Gasteiger partial charge in [0.2, 0.25) is 0 Å². The molecule has 7 heteroatoms. The predicted octanol–water partition coefficient (Wildman–Crippen LogP) is 4.77. The maximum atomic E-state index is 13.0. The summed E-state index contributed by atoms with van der Waals surface area (Å²) in [5, 5.41) is 20.1. The van der Waals surface area contributed by atoms with Gasteiger partial charge in [-0.3, -0.25) is 14.5 Å². The third-order valence-electron chi connectivity index (χ3n) is 5.07. The Balaban J connectivity index is 1.91. The number of amides is 1. The molecule has 1 aliphatic rings. The molecule has 1 fully saturated rings. The number of nitrogens with zero attached hydrogens (tertiary/aromatic N) is 1. The second-order valence-electron chi connectivity index (χ2n) is 6.94. The van der Waals surface area contributed by atoms with Crippen molar-refractivity contribution in [2.24, 2.45) is 0 Å². The van der Waals surface area contributed by atoms with Gasteiger partial charge in [-0.2, -0.15) is 0 Å². The predicted molar refractivity (Wildman–Crippen MR) is 119 cm³/mol. The van der Waals surface area contributed by atoms with Crippen LogP contribution in [0, 0.1) is 0 Å². The first kappa shape index (κ1) is 20.6. The normalized spacial score (nSPS) is 17.7. The van der Waals surface area contributed by atoms with E-state index in [0.717, 1.165) is 4.47 Å². The zero-order chi connectivity index (χ0) is 22.1. The molecular formula is C24H16BrNO5. The zero-order valence-electron chi connectivity index (χ0n) is 16.0. The van der Waals surface area contributed by atoms with Gasteiger partial charge in [-0.15, -0.1) is 0 Å². The summed E-state index contributed by atoms with van der Waals surface area (Å²) in [6.07, 6.45) is 0. The molecule has 0 saturated carbocycles. The van der Waals surface area contributed by atoms with Crippen LogP contribution in [0.15, 0.2) is 88.9 Å². The molecule has 1 saturated heterocycles. The Bertz CT molecular complexity index is 1200. The first-order chi connectivity index (χ1) is 14.9. The smallest absolute Gasteiger partial charge is 0.335 e. The molecule has 1 aliphatic heterocycles. The van der Waals surface area contributed by atoms with Gasteiger partial charge in [0.15, 0.2) is 0 Å². The van der Waals surface area contributed by atoms with Crippen LogP contribution in [0.2, 0.25) is 0 Å². The summed E-state index contributed by atoms with van der Waals surface area (Å²) in [6.45, 7) is 0. The summed E-state index contributed by atoms with van der Waals surface area (Å²) >= 11 is 3.38. The average molecular weight is 478 g/mol. The molecule has 1 unspecified atom stereocenters. The number of hydrogen-bond donors (Lipinski definition) is 2. The van der Waals surface area contributed by atoms with E-state index in [-0.39, 0.29) is 16.9 Å². The highest BCUT2D eigenvalue weighted by Crippen LogP contribution is 2.42. The van der Waals surface area contributed by atoms with E-state index in [9.17, 15) is 19.5 Å². The van der Waals surface area contributed by atoms with E-state index >= 15 is 0 Å². The van der Waals surface area contributed by atoms with E-state index in [4.69, 9.17) is 5.11 Å². The quantitative estimate of drug-likeness (QED) is 0.320. The number of carbonyl (C=O) groups is 3. The lowest BCUT2D eigenvalue weighted by molar-refractivity contribution is -0.132. The van der Waals surface area contributed by atoms with E-state index in [1.807, 2.05) is 0 Å². The molecule has 0 spiro atoms. The van der Waals surface area contributed by atoms with Crippen molar-refractivity contribution in [2.75, 3.05) is 4.90 Å². The average Bonchev–Trinajstić information content (AvgIpc) is 3.05. The number of hydrogen-bond acceptors (Lipinski definition) is 4. The monoisotopic (exact) mass is 477 g/mol. The van der Waals surface area contributed by atoms with Crippen LogP contribution in [-0.4, -0.2) is 27.9 Å². The highest BCUT2D eigenvalue weighted by molar-refractivity contribution is 9.10. The Hall–Kier alpha value is -3.71. The van der Waals surface area contributed by atoms with Crippen molar-refractivity contribution < 1.29 is 24.6 Å². The van der Waals surface area contributed by atoms with Crippen LogP contribution in [0.4, 0.5) is 5.69 Å². The van der Waals surface area contributed by atoms with E-state index < -0.39 is 23.7 Å². The largest absolute Gasteiger partial charge is 0.507 e. The number of rotatable bonds is 4. The minimum Gasteiger partial charge on any atom is -0.507 e. The molecule has 0 aliphatic carbocycles. The number of aliphatic hydroxyl groups is 1. The molecule has 3 aromatic rings. The molecule has 0 bridgehead atoms. The van der Waals surface area contributed by atoms with E-state index in [0.29, 0.717) is 16.8 Å². The summed E-state index contributed by atoms with van der Waals surface area (Å²) < 4.78 is 0.821. The number of benzene rings is 3. The van der Waals surface area contributed by atoms with Crippen molar-refractivity contribution in [2.45, 2.75) is 6.04 Å². The van der Waals surface area contributed by atoms with Crippen molar-refractivity contribution in [3.05, 3.63) is 106 Å². The molecule has 31 heavy (non-hydrogen) atoms.